The van der Waals surface area contributed by atoms with Crippen LogP contribution in [-0.2, 0) is 16.0 Å². The Kier molecular flexibility index (Phi) is 5.42. The molecule has 0 saturated heterocycles. The number of hydrogen-bond donors (Lipinski definition) is 2. The second-order valence-electron chi connectivity index (χ2n) is 5.91. The summed E-state index contributed by atoms with van der Waals surface area (Å²) >= 11 is 0. The van der Waals surface area contributed by atoms with Crippen LogP contribution >= 0.6 is 12.4 Å². The second-order valence-corrected chi connectivity index (χ2v) is 5.91. The number of halogens is 1. The molecule has 1 heterocycles. The van der Waals surface area contributed by atoms with E-state index in [4.69, 9.17) is 5.73 Å². The number of nitrogens with two attached hydrogens (primary N) is 1. The molecule has 1 aromatic rings. The predicted molar refractivity (Wildman–Crippen MR) is 88.1 cm³/mol. The second kappa shape index (κ2) is 7.11. The Morgan fingerprint density at radius 2 is 2.05 bits per heavy atom. The third kappa shape index (κ3) is 3.78. The van der Waals surface area contributed by atoms with Gasteiger partial charge in [-0.05, 0) is 36.8 Å². The maximum absolute atomic E-state index is 12.1. The molecule has 1 fully saturated rings. The third-order valence-corrected chi connectivity index (χ3v) is 4.26. The largest absolute Gasteiger partial charge is 0.353 e. The number of nitrogens with zero attached hydrogens (tertiary/aromatic N) is 1. The lowest BCUT2D eigenvalue weighted by Gasteiger charge is -2.29. The summed E-state index contributed by atoms with van der Waals surface area (Å²) in [6, 6.07) is 7.80. The number of amides is 2. The Labute approximate surface area is 136 Å². The fraction of sp³-hybridized carbons (Fsp3) is 0.500. The Morgan fingerprint density at radius 3 is 2.77 bits per heavy atom. The highest BCUT2D eigenvalue weighted by atomic mass is 35.5. The first kappa shape index (κ1) is 16.8. The summed E-state index contributed by atoms with van der Waals surface area (Å²) in [7, 11) is 0. The monoisotopic (exact) mass is 323 g/mol. The van der Waals surface area contributed by atoms with Crippen molar-refractivity contribution in [1.82, 2.24) is 5.32 Å². The Bertz CT molecular complexity index is 560. The van der Waals surface area contributed by atoms with E-state index >= 15 is 0 Å². The van der Waals surface area contributed by atoms with Crippen molar-refractivity contribution in [3.63, 3.8) is 0 Å². The average Bonchev–Trinajstić information content (AvgIpc) is 3.32. The lowest BCUT2D eigenvalue weighted by Crippen LogP contribution is -2.46. The number of fused-ring (bicyclic) bond motifs is 1. The number of carbonyl (C=O) groups is 2. The number of benzene rings is 1. The number of para-hydroxylation sites is 1. The molecule has 0 aromatic heterocycles. The van der Waals surface area contributed by atoms with Gasteiger partial charge >= 0.3 is 0 Å². The molecule has 1 unspecified atom stereocenters. The van der Waals surface area contributed by atoms with Crippen LogP contribution in [-0.4, -0.2) is 30.9 Å². The van der Waals surface area contributed by atoms with Crippen LogP contribution in [0.5, 0.6) is 0 Å². The minimum atomic E-state index is -0.142. The fourth-order valence-electron chi connectivity index (χ4n) is 2.79. The first-order valence-electron chi connectivity index (χ1n) is 7.55. The Hall–Kier alpha value is -1.59. The van der Waals surface area contributed by atoms with Gasteiger partial charge in [0.05, 0.1) is 0 Å². The minimum absolute atomic E-state index is 0. The van der Waals surface area contributed by atoms with Gasteiger partial charge in [-0.2, -0.15) is 0 Å². The highest BCUT2D eigenvalue weighted by Crippen LogP contribution is 2.31. The van der Waals surface area contributed by atoms with Gasteiger partial charge in [-0.15, -0.1) is 12.4 Å². The van der Waals surface area contributed by atoms with Crippen LogP contribution in [0.3, 0.4) is 0 Å². The third-order valence-electron chi connectivity index (χ3n) is 4.26. The summed E-state index contributed by atoms with van der Waals surface area (Å²) in [5.41, 5.74) is 7.95. The number of aryl methyl sites for hydroxylation is 1. The summed E-state index contributed by atoms with van der Waals surface area (Å²) in [6.07, 6.45) is 3.54. The number of anilines is 1. The molecule has 0 radical (unpaired) electrons. The molecule has 1 aliphatic carbocycles. The van der Waals surface area contributed by atoms with E-state index in [1.54, 1.807) is 4.90 Å². The topological polar surface area (TPSA) is 75.4 Å². The van der Waals surface area contributed by atoms with Crippen molar-refractivity contribution in [3.05, 3.63) is 29.8 Å². The Morgan fingerprint density at radius 1 is 1.32 bits per heavy atom. The highest BCUT2D eigenvalue weighted by molar-refractivity contribution is 6.00. The van der Waals surface area contributed by atoms with Crippen molar-refractivity contribution in [3.8, 4) is 0 Å². The van der Waals surface area contributed by atoms with Gasteiger partial charge in [0.25, 0.3) is 0 Å². The maximum atomic E-state index is 12.1. The van der Waals surface area contributed by atoms with E-state index in [9.17, 15) is 9.59 Å². The van der Waals surface area contributed by atoms with Gasteiger partial charge in [-0.1, -0.05) is 18.2 Å². The molecule has 0 bridgehead atoms. The quantitative estimate of drug-likeness (QED) is 0.856. The predicted octanol–water partition coefficient (Wildman–Crippen LogP) is 1.24. The normalized spacial score (nSPS) is 18.2. The molecule has 1 aliphatic heterocycles. The average molecular weight is 324 g/mol. The van der Waals surface area contributed by atoms with E-state index in [0.717, 1.165) is 30.5 Å². The highest BCUT2D eigenvalue weighted by Gasteiger charge is 2.29. The standard InChI is InChI=1S/C16H21N3O2.ClH/c17-13(11-5-6-11)9-18-15(20)10-19-14-4-2-1-3-12(14)7-8-16(19)21;/h1-4,11,13H,5-10,17H2,(H,18,20);1H. The zero-order valence-electron chi connectivity index (χ0n) is 12.5. The molecule has 1 saturated carbocycles. The minimum Gasteiger partial charge on any atom is -0.353 e. The van der Waals surface area contributed by atoms with Gasteiger partial charge in [0.2, 0.25) is 11.8 Å². The van der Waals surface area contributed by atoms with Gasteiger partial charge in [0, 0.05) is 24.7 Å². The molecule has 3 N–H and O–H groups in total. The van der Waals surface area contributed by atoms with Gasteiger partial charge in [-0.25, -0.2) is 0 Å². The van der Waals surface area contributed by atoms with Crippen molar-refractivity contribution < 1.29 is 9.59 Å². The molecular formula is C16H22ClN3O2. The SMILES string of the molecule is Cl.NC(CNC(=O)CN1C(=O)CCc2ccccc21)C1CC1. The lowest BCUT2D eigenvalue weighted by atomic mass is 10.0. The summed E-state index contributed by atoms with van der Waals surface area (Å²) in [4.78, 5) is 25.7. The molecular weight excluding hydrogens is 302 g/mol. The molecule has 1 aromatic carbocycles. The Balaban J connectivity index is 0.00000176. The van der Waals surface area contributed by atoms with E-state index in [0.29, 0.717) is 18.9 Å². The number of rotatable bonds is 5. The van der Waals surface area contributed by atoms with Gasteiger partial charge in [0.15, 0.2) is 0 Å². The van der Waals surface area contributed by atoms with E-state index in [1.807, 2.05) is 24.3 Å². The first-order chi connectivity index (χ1) is 10.1. The van der Waals surface area contributed by atoms with E-state index in [1.165, 1.54) is 0 Å². The molecule has 5 nitrogen and oxygen atoms in total. The lowest BCUT2D eigenvalue weighted by molar-refractivity contribution is -0.124. The summed E-state index contributed by atoms with van der Waals surface area (Å²) in [5.74, 6) is 0.425. The van der Waals surface area contributed by atoms with Crippen molar-refractivity contribution in [2.24, 2.45) is 11.7 Å². The zero-order valence-corrected chi connectivity index (χ0v) is 13.3. The van der Waals surface area contributed by atoms with Crippen LogP contribution in [0, 0.1) is 5.92 Å². The number of hydrogen-bond acceptors (Lipinski definition) is 3. The molecule has 6 heteroatoms. The molecule has 1 atom stereocenters. The van der Waals surface area contributed by atoms with E-state index < -0.39 is 0 Å². The maximum Gasteiger partial charge on any atom is 0.240 e. The van der Waals surface area contributed by atoms with Crippen molar-refractivity contribution in [2.45, 2.75) is 31.7 Å². The van der Waals surface area contributed by atoms with Crippen LogP contribution in [0.4, 0.5) is 5.69 Å². The molecule has 2 amide bonds. The van der Waals surface area contributed by atoms with Crippen molar-refractivity contribution >= 4 is 29.9 Å². The molecule has 2 aliphatic rings. The van der Waals surface area contributed by atoms with Crippen molar-refractivity contribution in [2.75, 3.05) is 18.0 Å². The van der Waals surface area contributed by atoms with Crippen LogP contribution in [0.15, 0.2) is 24.3 Å². The van der Waals surface area contributed by atoms with Crippen LogP contribution in [0.1, 0.15) is 24.8 Å². The van der Waals surface area contributed by atoms with Gasteiger partial charge in [0.1, 0.15) is 6.54 Å². The van der Waals surface area contributed by atoms with Crippen LogP contribution < -0.4 is 16.0 Å². The summed E-state index contributed by atoms with van der Waals surface area (Å²) in [5, 5.41) is 2.84. The number of nitrogens with one attached hydrogen (secondary N) is 1. The first-order valence-corrected chi connectivity index (χ1v) is 7.55. The molecule has 3 rings (SSSR count). The molecule has 0 spiro atoms. The van der Waals surface area contributed by atoms with Crippen LogP contribution in [0.2, 0.25) is 0 Å². The molecule has 120 valence electrons. The van der Waals surface area contributed by atoms with Crippen molar-refractivity contribution in [1.29, 1.82) is 0 Å². The van der Waals surface area contributed by atoms with Gasteiger partial charge < -0.3 is 16.0 Å². The fourth-order valence-corrected chi connectivity index (χ4v) is 2.79. The van der Waals surface area contributed by atoms with E-state index in [2.05, 4.69) is 5.32 Å². The zero-order chi connectivity index (χ0) is 14.8. The van der Waals surface area contributed by atoms with Crippen LogP contribution in [0.25, 0.3) is 0 Å². The smallest absolute Gasteiger partial charge is 0.240 e. The van der Waals surface area contributed by atoms with Gasteiger partial charge in [-0.3, -0.25) is 9.59 Å². The summed E-state index contributed by atoms with van der Waals surface area (Å²) < 4.78 is 0. The summed E-state index contributed by atoms with van der Waals surface area (Å²) in [6.45, 7) is 0.570. The van der Waals surface area contributed by atoms with E-state index in [-0.39, 0.29) is 36.8 Å². The number of carbonyl (C=O) groups excluding carboxylic acids is 2. The molecule has 22 heavy (non-hydrogen) atoms.